The number of aryl methyl sites for hydroxylation is 1. The lowest BCUT2D eigenvalue weighted by Gasteiger charge is -2.29. The van der Waals surface area contributed by atoms with Crippen molar-refractivity contribution in [3.8, 4) is 0 Å². The van der Waals surface area contributed by atoms with E-state index in [1.54, 1.807) is 0 Å². The third-order valence-electron chi connectivity index (χ3n) is 5.12. The average Bonchev–Trinajstić information content (AvgIpc) is 2.83. The van der Waals surface area contributed by atoms with Crippen molar-refractivity contribution >= 4 is 12.4 Å². The highest BCUT2D eigenvalue weighted by atomic mass is 35.5. The van der Waals surface area contributed by atoms with Crippen molar-refractivity contribution < 1.29 is 0 Å². The number of fused-ring (bicyclic) bond motifs is 1. The van der Waals surface area contributed by atoms with Crippen LogP contribution in [-0.4, -0.2) is 24.0 Å². The van der Waals surface area contributed by atoms with Crippen LogP contribution in [0.5, 0.6) is 0 Å². The highest BCUT2D eigenvalue weighted by Gasteiger charge is 2.38. The number of hydrogen-bond acceptors (Lipinski definition) is 2. The van der Waals surface area contributed by atoms with E-state index in [0.29, 0.717) is 6.04 Å². The minimum absolute atomic E-state index is 0. The molecule has 0 amide bonds. The van der Waals surface area contributed by atoms with Gasteiger partial charge in [0.05, 0.1) is 0 Å². The first kappa shape index (κ1) is 15.8. The molecule has 1 saturated heterocycles. The minimum Gasteiger partial charge on any atom is -0.327 e. The molecule has 20 heavy (non-hydrogen) atoms. The predicted molar refractivity (Wildman–Crippen MR) is 87.2 cm³/mol. The fourth-order valence-corrected chi connectivity index (χ4v) is 4.04. The van der Waals surface area contributed by atoms with Crippen LogP contribution in [0.2, 0.25) is 0 Å². The van der Waals surface area contributed by atoms with Crippen LogP contribution < -0.4 is 5.73 Å². The molecule has 2 fully saturated rings. The van der Waals surface area contributed by atoms with Gasteiger partial charge in [-0.15, -0.1) is 12.4 Å². The molecule has 3 rings (SSSR count). The molecule has 0 bridgehead atoms. The zero-order chi connectivity index (χ0) is 13.2. The summed E-state index contributed by atoms with van der Waals surface area (Å²) in [5, 5.41) is 0. The Bertz CT molecular complexity index is 435. The maximum Gasteiger partial charge on any atom is 0.0236 e. The Kier molecular flexibility index (Phi) is 5.48. The minimum atomic E-state index is 0. The lowest BCUT2D eigenvalue weighted by atomic mass is 9.78. The summed E-state index contributed by atoms with van der Waals surface area (Å²) in [5.41, 5.74) is 9.32. The maximum absolute atomic E-state index is 6.30. The van der Waals surface area contributed by atoms with Crippen molar-refractivity contribution in [3.05, 3.63) is 35.4 Å². The first-order valence-corrected chi connectivity index (χ1v) is 7.82. The summed E-state index contributed by atoms with van der Waals surface area (Å²) < 4.78 is 0. The van der Waals surface area contributed by atoms with Gasteiger partial charge >= 0.3 is 0 Å². The van der Waals surface area contributed by atoms with Crippen molar-refractivity contribution in [1.82, 2.24) is 4.90 Å². The van der Waals surface area contributed by atoms with Crippen LogP contribution >= 0.6 is 12.4 Å². The fourth-order valence-electron chi connectivity index (χ4n) is 4.04. The summed E-state index contributed by atoms with van der Waals surface area (Å²) in [7, 11) is 0. The third kappa shape index (κ3) is 3.19. The summed E-state index contributed by atoms with van der Waals surface area (Å²) in [5.74, 6) is 1.61. The normalized spacial score (nSPS) is 29.8. The number of halogens is 1. The standard InChI is InChI=1S/C17H26N2.ClH/c1-2-13-6-3-4-7-14(13)10-19-11-15-8-5-9-17(18)16(15)12-19;/h3-4,6-7,15-17H,2,5,8-12,18H2,1H3;1H. The molecule has 3 unspecified atom stereocenters. The highest BCUT2D eigenvalue weighted by Crippen LogP contribution is 2.36. The summed E-state index contributed by atoms with van der Waals surface area (Å²) >= 11 is 0. The van der Waals surface area contributed by atoms with Crippen LogP contribution in [0.25, 0.3) is 0 Å². The van der Waals surface area contributed by atoms with E-state index in [1.165, 1.54) is 43.5 Å². The molecule has 1 aromatic rings. The Morgan fingerprint density at radius 2 is 1.90 bits per heavy atom. The van der Waals surface area contributed by atoms with E-state index in [1.807, 2.05) is 0 Å². The van der Waals surface area contributed by atoms with Crippen LogP contribution in [0, 0.1) is 11.8 Å². The molecular formula is C17H27ClN2. The second-order valence-corrected chi connectivity index (χ2v) is 6.34. The number of nitrogens with zero attached hydrogens (tertiary/aromatic N) is 1. The molecule has 1 aliphatic carbocycles. The lowest BCUT2D eigenvalue weighted by Crippen LogP contribution is -2.38. The van der Waals surface area contributed by atoms with Gasteiger partial charge in [-0.05, 0) is 42.2 Å². The van der Waals surface area contributed by atoms with E-state index < -0.39 is 0 Å². The summed E-state index contributed by atoms with van der Waals surface area (Å²) in [6, 6.07) is 9.33. The molecule has 2 nitrogen and oxygen atoms in total. The highest BCUT2D eigenvalue weighted by molar-refractivity contribution is 5.85. The second kappa shape index (κ2) is 6.93. The van der Waals surface area contributed by atoms with Gasteiger partial charge in [-0.25, -0.2) is 0 Å². The Morgan fingerprint density at radius 3 is 2.60 bits per heavy atom. The molecule has 1 saturated carbocycles. The van der Waals surface area contributed by atoms with Crippen LogP contribution in [0.1, 0.15) is 37.3 Å². The van der Waals surface area contributed by atoms with Gasteiger partial charge in [-0.2, -0.15) is 0 Å². The summed E-state index contributed by atoms with van der Waals surface area (Å²) in [6.45, 7) is 5.84. The maximum atomic E-state index is 6.30. The predicted octanol–water partition coefficient (Wildman–Crippen LogP) is 3.23. The summed E-state index contributed by atoms with van der Waals surface area (Å²) in [4.78, 5) is 2.63. The van der Waals surface area contributed by atoms with E-state index in [-0.39, 0.29) is 12.4 Å². The number of likely N-dealkylation sites (tertiary alicyclic amines) is 1. The molecule has 112 valence electrons. The quantitative estimate of drug-likeness (QED) is 0.927. The molecule has 0 spiro atoms. The average molecular weight is 295 g/mol. The zero-order valence-electron chi connectivity index (χ0n) is 12.4. The largest absolute Gasteiger partial charge is 0.327 e. The molecule has 3 atom stereocenters. The van der Waals surface area contributed by atoms with Crippen LogP contribution in [0.15, 0.2) is 24.3 Å². The van der Waals surface area contributed by atoms with Crippen molar-refractivity contribution in [2.45, 2.75) is 45.2 Å². The fraction of sp³-hybridized carbons (Fsp3) is 0.647. The first-order valence-electron chi connectivity index (χ1n) is 7.82. The van der Waals surface area contributed by atoms with Gasteiger partial charge in [0, 0.05) is 25.7 Å². The molecule has 1 aromatic carbocycles. The molecule has 2 N–H and O–H groups in total. The monoisotopic (exact) mass is 294 g/mol. The van der Waals surface area contributed by atoms with E-state index in [2.05, 4.69) is 36.1 Å². The molecule has 1 aliphatic heterocycles. The van der Waals surface area contributed by atoms with E-state index in [9.17, 15) is 0 Å². The van der Waals surface area contributed by atoms with E-state index in [0.717, 1.165) is 24.8 Å². The molecule has 1 heterocycles. The van der Waals surface area contributed by atoms with Crippen LogP contribution in [0.4, 0.5) is 0 Å². The first-order chi connectivity index (χ1) is 9.28. The number of nitrogens with two attached hydrogens (primary N) is 1. The molecular weight excluding hydrogens is 268 g/mol. The van der Waals surface area contributed by atoms with Gasteiger partial charge in [0.15, 0.2) is 0 Å². The Balaban J connectivity index is 0.00000147. The topological polar surface area (TPSA) is 29.3 Å². The summed E-state index contributed by atoms with van der Waals surface area (Å²) in [6.07, 6.45) is 5.10. The molecule has 0 aromatic heterocycles. The van der Waals surface area contributed by atoms with Crippen molar-refractivity contribution in [3.63, 3.8) is 0 Å². The number of benzene rings is 1. The Hall–Kier alpha value is -0.570. The van der Waals surface area contributed by atoms with Crippen LogP contribution in [-0.2, 0) is 13.0 Å². The third-order valence-corrected chi connectivity index (χ3v) is 5.12. The van der Waals surface area contributed by atoms with Gasteiger partial charge in [-0.1, -0.05) is 37.6 Å². The number of rotatable bonds is 3. The smallest absolute Gasteiger partial charge is 0.0236 e. The molecule has 2 aliphatic rings. The van der Waals surface area contributed by atoms with Crippen molar-refractivity contribution in [2.75, 3.05) is 13.1 Å². The van der Waals surface area contributed by atoms with E-state index >= 15 is 0 Å². The zero-order valence-corrected chi connectivity index (χ0v) is 13.2. The second-order valence-electron chi connectivity index (χ2n) is 6.34. The Morgan fingerprint density at radius 1 is 1.15 bits per heavy atom. The lowest BCUT2D eigenvalue weighted by molar-refractivity contribution is 0.259. The molecule has 0 radical (unpaired) electrons. The van der Waals surface area contributed by atoms with Gasteiger partial charge in [0.2, 0.25) is 0 Å². The Labute approximate surface area is 129 Å². The van der Waals surface area contributed by atoms with Gasteiger partial charge in [0.1, 0.15) is 0 Å². The number of hydrogen-bond donors (Lipinski definition) is 1. The van der Waals surface area contributed by atoms with E-state index in [4.69, 9.17) is 5.73 Å². The van der Waals surface area contributed by atoms with Crippen molar-refractivity contribution in [1.29, 1.82) is 0 Å². The van der Waals surface area contributed by atoms with Crippen molar-refractivity contribution in [2.24, 2.45) is 17.6 Å². The van der Waals surface area contributed by atoms with Crippen LogP contribution in [0.3, 0.4) is 0 Å². The van der Waals surface area contributed by atoms with Gasteiger partial charge < -0.3 is 5.73 Å². The SMILES string of the molecule is CCc1ccccc1CN1CC2CCCC(N)C2C1.Cl. The molecule has 3 heteroatoms. The van der Waals surface area contributed by atoms with Gasteiger partial charge in [-0.3, -0.25) is 4.90 Å². The van der Waals surface area contributed by atoms with Gasteiger partial charge in [0.25, 0.3) is 0 Å².